The number of fused-ring (bicyclic) bond motifs is 1. The Kier molecular flexibility index (Phi) is 4.54. The van der Waals surface area contributed by atoms with Crippen LogP contribution in [0.5, 0.6) is 0 Å². The summed E-state index contributed by atoms with van der Waals surface area (Å²) in [6.45, 7) is 4.39. The second-order valence-corrected chi connectivity index (χ2v) is 8.65. The summed E-state index contributed by atoms with van der Waals surface area (Å²) in [6, 6.07) is 7.56. The Morgan fingerprint density at radius 2 is 2.03 bits per heavy atom. The van der Waals surface area contributed by atoms with Crippen molar-refractivity contribution >= 4 is 17.5 Å². The number of piperidine rings is 1. The van der Waals surface area contributed by atoms with Crippen LogP contribution in [0, 0.1) is 6.92 Å². The van der Waals surface area contributed by atoms with Gasteiger partial charge in [0, 0.05) is 50.6 Å². The standard InChI is InChI=1S/C22H27N5O3/c1-16-23-9-13-26(16)10-6-19(28)27-11-7-21(8-12-27)14-22(15-30-21)24-18-5-3-2-4-17(18)20(29)25-22/h2-5,9,13,24H,6-8,10-12,14-15H2,1H3,(H,25,29). The van der Waals surface area contributed by atoms with Gasteiger partial charge >= 0.3 is 0 Å². The van der Waals surface area contributed by atoms with Gasteiger partial charge in [0.25, 0.3) is 5.91 Å². The normalized spacial score (nSPS) is 24.6. The van der Waals surface area contributed by atoms with Crippen molar-refractivity contribution in [3.63, 3.8) is 0 Å². The van der Waals surface area contributed by atoms with Crippen molar-refractivity contribution in [2.75, 3.05) is 25.0 Å². The molecule has 30 heavy (non-hydrogen) atoms. The van der Waals surface area contributed by atoms with E-state index in [1.54, 1.807) is 6.20 Å². The third kappa shape index (κ3) is 3.35. The highest BCUT2D eigenvalue weighted by atomic mass is 16.5. The lowest BCUT2D eigenvalue weighted by Gasteiger charge is -2.41. The van der Waals surface area contributed by atoms with Crippen molar-refractivity contribution in [2.45, 2.75) is 50.4 Å². The Labute approximate surface area is 175 Å². The van der Waals surface area contributed by atoms with E-state index in [0.29, 0.717) is 44.6 Å². The SMILES string of the molecule is Cc1nccn1CCC(=O)N1CCC2(CC1)CC1(CO2)NC(=O)c2ccccc2N1. The molecule has 3 aliphatic rings. The lowest BCUT2D eigenvalue weighted by atomic mass is 9.84. The number of rotatable bonds is 3. The van der Waals surface area contributed by atoms with Crippen molar-refractivity contribution in [1.29, 1.82) is 0 Å². The van der Waals surface area contributed by atoms with Crippen LogP contribution in [0.3, 0.4) is 0 Å². The molecule has 2 aromatic rings. The number of aryl methyl sites for hydroxylation is 2. The summed E-state index contributed by atoms with van der Waals surface area (Å²) in [6.07, 6.45) is 6.41. The zero-order valence-electron chi connectivity index (χ0n) is 17.2. The van der Waals surface area contributed by atoms with E-state index in [1.807, 2.05) is 46.9 Å². The molecule has 1 aromatic heterocycles. The molecular weight excluding hydrogens is 382 g/mol. The van der Waals surface area contributed by atoms with Gasteiger partial charge in [-0.25, -0.2) is 4.98 Å². The number of likely N-dealkylation sites (tertiary alicyclic amines) is 1. The molecule has 158 valence electrons. The minimum absolute atomic E-state index is 0.0626. The smallest absolute Gasteiger partial charge is 0.255 e. The van der Waals surface area contributed by atoms with Gasteiger partial charge in [-0.3, -0.25) is 9.59 Å². The van der Waals surface area contributed by atoms with Gasteiger partial charge in [-0.05, 0) is 31.9 Å². The van der Waals surface area contributed by atoms with Crippen LogP contribution >= 0.6 is 0 Å². The molecular formula is C22H27N5O3. The molecule has 0 bridgehead atoms. The monoisotopic (exact) mass is 409 g/mol. The minimum Gasteiger partial charge on any atom is -0.370 e. The Bertz CT molecular complexity index is 979. The molecule has 3 aliphatic heterocycles. The van der Waals surface area contributed by atoms with Crippen LogP contribution in [-0.4, -0.2) is 57.2 Å². The topological polar surface area (TPSA) is 88.5 Å². The fourth-order valence-electron chi connectivity index (χ4n) is 4.95. The molecule has 1 unspecified atom stereocenters. The van der Waals surface area contributed by atoms with Gasteiger partial charge in [-0.15, -0.1) is 0 Å². The van der Waals surface area contributed by atoms with Crippen LogP contribution in [0.1, 0.15) is 41.9 Å². The highest BCUT2D eigenvalue weighted by Gasteiger charge is 2.53. The Balaban J connectivity index is 1.19. The molecule has 5 rings (SSSR count). The molecule has 0 radical (unpaired) electrons. The van der Waals surface area contributed by atoms with Crippen LogP contribution in [-0.2, 0) is 16.1 Å². The Morgan fingerprint density at radius 3 is 2.80 bits per heavy atom. The number of imidazole rings is 1. The van der Waals surface area contributed by atoms with Gasteiger partial charge in [0.15, 0.2) is 0 Å². The van der Waals surface area contributed by atoms with E-state index in [0.717, 1.165) is 24.4 Å². The van der Waals surface area contributed by atoms with Crippen LogP contribution in [0.2, 0.25) is 0 Å². The molecule has 8 nitrogen and oxygen atoms in total. The van der Waals surface area contributed by atoms with Crippen LogP contribution in [0.15, 0.2) is 36.7 Å². The van der Waals surface area contributed by atoms with Crippen molar-refractivity contribution in [1.82, 2.24) is 19.8 Å². The summed E-state index contributed by atoms with van der Waals surface area (Å²) < 4.78 is 8.28. The van der Waals surface area contributed by atoms with Crippen LogP contribution < -0.4 is 10.6 Å². The van der Waals surface area contributed by atoms with E-state index < -0.39 is 5.66 Å². The predicted octanol–water partition coefficient (Wildman–Crippen LogP) is 1.91. The summed E-state index contributed by atoms with van der Waals surface area (Å²) in [5.74, 6) is 1.03. The third-order valence-electron chi connectivity index (χ3n) is 6.66. The first-order chi connectivity index (χ1) is 14.5. The van der Waals surface area contributed by atoms with Crippen molar-refractivity contribution in [2.24, 2.45) is 0 Å². The maximum absolute atomic E-state index is 12.7. The summed E-state index contributed by atoms with van der Waals surface area (Å²) in [5, 5.41) is 6.63. The first-order valence-electron chi connectivity index (χ1n) is 10.6. The lowest BCUT2D eigenvalue weighted by molar-refractivity contribution is -0.136. The number of nitrogens with zero attached hydrogens (tertiary/aromatic N) is 3. The maximum atomic E-state index is 12.7. The first kappa shape index (κ1) is 19.1. The number of aromatic nitrogens is 2. The largest absolute Gasteiger partial charge is 0.370 e. The summed E-state index contributed by atoms with van der Waals surface area (Å²) in [7, 11) is 0. The minimum atomic E-state index is -0.573. The first-order valence-corrected chi connectivity index (χ1v) is 10.6. The van der Waals surface area contributed by atoms with Gasteiger partial charge < -0.3 is 24.8 Å². The Morgan fingerprint density at radius 1 is 1.23 bits per heavy atom. The molecule has 2 fully saturated rings. The summed E-state index contributed by atoms with van der Waals surface area (Å²) in [5.41, 5.74) is 0.642. The third-order valence-corrected chi connectivity index (χ3v) is 6.66. The molecule has 2 spiro atoms. The highest BCUT2D eigenvalue weighted by molar-refractivity contribution is 6.02. The average Bonchev–Trinajstić information content (AvgIpc) is 3.30. The predicted molar refractivity (Wildman–Crippen MR) is 111 cm³/mol. The van der Waals surface area contributed by atoms with Gasteiger partial charge in [-0.1, -0.05) is 12.1 Å². The van der Waals surface area contributed by atoms with Crippen molar-refractivity contribution < 1.29 is 14.3 Å². The maximum Gasteiger partial charge on any atom is 0.255 e. The van der Waals surface area contributed by atoms with E-state index in [2.05, 4.69) is 15.6 Å². The molecule has 1 atom stereocenters. The number of para-hydroxylation sites is 1. The number of benzene rings is 1. The Hall–Kier alpha value is -2.87. The fraction of sp³-hybridized carbons (Fsp3) is 0.500. The molecule has 4 heterocycles. The number of carbonyl (C=O) groups is 2. The zero-order valence-corrected chi connectivity index (χ0v) is 17.2. The number of ether oxygens (including phenoxy) is 1. The summed E-state index contributed by atoms with van der Waals surface area (Å²) >= 11 is 0. The molecule has 8 heteroatoms. The number of amides is 2. The quantitative estimate of drug-likeness (QED) is 0.809. The van der Waals surface area contributed by atoms with Crippen LogP contribution in [0.25, 0.3) is 0 Å². The molecule has 2 amide bonds. The van der Waals surface area contributed by atoms with E-state index >= 15 is 0 Å². The number of carbonyl (C=O) groups excluding carboxylic acids is 2. The number of anilines is 1. The fourth-order valence-corrected chi connectivity index (χ4v) is 4.95. The van der Waals surface area contributed by atoms with E-state index in [9.17, 15) is 9.59 Å². The molecule has 2 saturated heterocycles. The van der Waals surface area contributed by atoms with Gasteiger partial charge in [0.05, 0.1) is 17.8 Å². The summed E-state index contributed by atoms with van der Waals surface area (Å²) in [4.78, 5) is 31.4. The lowest BCUT2D eigenvalue weighted by Crippen LogP contribution is -2.59. The van der Waals surface area contributed by atoms with Gasteiger partial charge in [0.2, 0.25) is 5.91 Å². The van der Waals surface area contributed by atoms with Crippen LogP contribution in [0.4, 0.5) is 5.69 Å². The van der Waals surface area contributed by atoms with E-state index in [-0.39, 0.29) is 17.4 Å². The zero-order chi connectivity index (χ0) is 20.8. The van der Waals surface area contributed by atoms with Crippen molar-refractivity contribution in [3.8, 4) is 0 Å². The molecule has 0 aliphatic carbocycles. The van der Waals surface area contributed by atoms with E-state index in [1.165, 1.54) is 0 Å². The van der Waals surface area contributed by atoms with Gasteiger partial charge in [-0.2, -0.15) is 0 Å². The molecule has 0 saturated carbocycles. The molecule has 1 aromatic carbocycles. The second-order valence-electron chi connectivity index (χ2n) is 8.65. The highest BCUT2D eigenvalue weighted by Crippen LogP contribution is 2.42. The van der Waals surface area contributed by atoms with Crippen molar-refractivity contribution in [3.05, 3.63) is 48.0 Å². The number of nitrogens with one attached hydrogen (secondary N) is 2. The average molecular weight is 409 g/mol. The van der Waals surface area contributed by atoms with E-state index in [4.69, 9.17) is 4.74 Å². The van der Waals surface area contributed by atoms with Gasteiger partial charge in [0.1, 0.15) is 11.5 Å². The molecule has 2 N–H and O–H groups in total. The second kappa shape index (κ2) is 7.12. The number of hydrogen-bond acceptors (Lipinski definition) is 5. The number of hydrogen-bond donors (Lipinski definition) is 2.